The van der Waals surface area contributed by atoms with Gasteiger partial charge in [0.15, 0.2) is 0 Å². The molecule has 1 saturated heterocycles. The van der Waals surface area contributed by atoms with Gasteiger partial charge < -0.3 is 15.2 Å². The van der Waals surface area contributed by atoms with Gasteiger partial charge in [-0.1, -0.05) is 0 Å². The zero-order chi connectivity index (χ0) is 14.5. The molecule has 1 amide bonds. The summed E-state index contributed by atoms with van der Waals surface area (Å²) in [6.07, 6.45) is 5.78. The predicted molar refractivity (Wildman–Crippen MR) is 78.3 cm³/mol. The fourth-order valence-electron chi connectivity index (χ4n) is 2.54. The van der Waals surface area contributed by atoms with E-state index in [4.69, 9.17) is 0 Å². The van der Waals surface area contributed by atoms with Crippen molar-refractivity contribution in [3.63, 3.8) is 0 Å². The van der Waals surface area contributed by atoms with Crippen LogP contribution in [-0.4, -0.2) is 65.4 Å². The van der Waals surface area contributed by atoms with E-state index in [1.165, 1.54) is 0 Å². The molecule has 0 bridgehead atoms. The van der Waals surface area contributed by atoms with Gasteiger partial charge in [0.05, 0.1) is 12.6 Å². The van der Waals surface area contributed by atoms with Gasteiger partial charge in [-0.25, -0.2) is 4.98 Å². The largest absolute Gasteiger partial charge is 0.348 e. The number of rotatable bonds is 5. The van der Waals surface area contributed by atoms with Crippen molar-refractivity contribution in [1.29, 1.82) is 0 Å². The molecule has 0 aliphatic carbocycles. The number of H-pyrrole nitrogens is 1. The third-order valence-corrected chi connectivity index (χ3v) is 3.86. The normalized spacial score (nSPS) is 18.9. The molecule has 0 saturated carbocycles. The van der Waals surface area contributed by atoms with Crippen molar-refractivity contribution in [2.45, 2.75) is 31.8 Å². The molecule has 6 nitrogen and oxygen atoms in total. The summed E-state index contributed by atoms with van der Waals surface area (Å²) in [6.45, 7) is 4.61. The molecule has 1 aromatic rings. The summed E-state index contributed by atoms with van der Waals surface area (Å²) >= 11 is 0. The molecule has 1 fully saturated rings. The Kier molecular flexibility index (Phi) is 5.14. The standard InChI is InChI=1S/C14H25N5O/c1-11(14-15-6-7-16-14)17-12-4-8-19(9-5-12)10-13(20)18(2)3/h6-7,11-12,17H,4-5,8-10H2,1-3H3,(H,15,16). The summed E-state index contributed by atoms with van der Waals surface area (Å²) in [4.78, 5) is 23.0. The van der Waals surface area contributed by atoms with Crippen LogP contribution in [0.1, 0.15) is 31.6 Å². The molecule has 0 aromatic carbocycles. The van der Waals surface area contributed by atoms with Gasteiger partial charge in [0, 0.05) is 45.6 Å². The van der Waals surface area contributed by atoms with Crippen molar-refractivity contribution in [3.05, 3.63) is 18.2 Å². The van der Waals surface area contributed by atoms with Crippen LogP contribution in [0.2, 0.25) is 0 Å². The average molecular weight is 279 g/mol. The summed E-state index contributed by atoms with van der Waals surface area (Å²) in [5.74, 6) is 1.16. The van der Waals surface area contributed by atoms with E-state index < -0.39 is 0 Å². The van der Waals surface area contributed by atoms with Gasteiger partial charge in [-0.3, -0.25) is 9.69 Å². The monoisotopic (exact) mass is 279 g/mol. The van der Waals surface area contributed by atoms with Gasteiger partial charge in [-0.2, -0.15) is 0 Å². The summed E-state index contributed by atoms with van der Waals surface area (Å²) in [6, 6.07) is 0.741. The highest BCUT2D eigenvalue weighted by molar-refractivity contribution is 5.77. The van der Waals surface area contributed by atoms with Gasteiger partial charge in [0.2, 0.25) is 5.91 Å². The number of imidazole rings is 1. The minimum atomic E-state index is 0.181. The zero-order valence-corrected chi connectivity index (χ0v) is 12.6. The van der Waals surface area contributed by atoms with Gasteiger partial charge in [0.25, 0.3) is 0 Å². The maximum absolute atomic E-state index is 11.7. The second-order valence-corrected chi connectivity index (χ2v) is 5.70. The minimum absolute atomic E-state index is 0.181. The van der Waals surface area contributed by atoms with Crippen molar-refractivity contribution in [3.8, 4) is 0 Å². The van der Waals surface area contributed by atoms with Crippen LogP contribution in [-0.2, 0) is 4.79 Å². The molecular formula is C14H25N5O. The lowest BCUT2D eigenvalue weighted by Crippen LogP contribution is -2.46. The quantitative estimate of drug-likeness (QED) is 0.829. The Labute approximate surface area is 120 Å². The SMILES string of the molecule is CC(NC1CCN(CC(=O)N(C)C)CC1)c1ncc[nH]1. The highest BCUT2D eigenvalue weighted by atomic mass is 16.2. The van der Waals surface area contributed by atoms with E-state index in [0.717, 1.165) is 31.8 Å². The molecule has 20 heavy (non-hydrogen) atoms. The minimum Gasteiger partial charge on any atom is -0.348 e. The van der Waals surface area contributed by atoms with Crippen LogP contribution in [0.3, 0.4) is 0 Å². The smallest absolute Gasteiger partial charge is 0.236 e. The number of nitrogens with one attached hydrogen (secondary N) is 2. The number of aromatic amines is 1. The summed E-state index contributed by atoms with van der Waals surface area (Å²) in [5.41, 5.74) is 0. The maximum atomic E-state index is 11.7. The Morgan fingerprint density at radius 3 is 2.80 bits per heavy atom. The predicted octanol–water partition coefficient (Wildman–Crippen LogP) is 0.613. The fraction of sp³-hybridized carbons (Fsp3) is 0.714. The molecule has 1 aliphatic heterocycles. The lowest BCUT2D eigenvalue weighted by atomic mass is 10.0. The van der Waals surface area contributed by atoms with E-state index in [1.807, 2.05) is 20.3 Å². The number of hydrogen-bond donors (Lipinski definition) is 2. The van der Waals surface area contributed by atoms with Crippen molar-refractivity contribution in [1.82, 2.24) is 25.1 Å². The lowest BCUT2D eigenvalue weighted by Gasteiger charge is -2.33. The van der Waals surface area contributed by atoms with E-state index in [-0.39, 0.29) is 11.9 Å². The number of carbonyl (C=O) groups is 1. The molecular weight excluding hydrogens is 254 g/mol. The second kappa shape index (κ2) is 6.85. The third kappa shape index (κ3) is 4.05. The van der Waals surface area contributed by atoms with E-state index in [2.05, 4.69) is 27.1 Å². The van der Waals surface area contributed by atoms with Crippen molar-refractivity contribution in [2.75, 3.05) is 33.7 Å². The number of likely N-dealkylation sites (N-methyl/N-ethyl adjacent to an activating group) is 1. The zero-order valence-electron chi connectivity index (χ0n) is 12.6. The lowest BCUT2D eigenvalue weighted by molar-refractivity contribution is -0.130. The Morgan fingerprint density at radius 1 is 1.55 bits per heavy atom. The highest BCUT2D eigenvalue weighted by Crippen LogP contribution is 2.15. The first-order chi connectivity index (χ1) is 9.56. The average Bonchev–Trinajstić information content (AvgIpc) is 2.95. The summed E-state index contributed by atoms with van der Waals surface area (Å²) < 4.78 is 0. The van der Waals surface area contributed by atoms with E-state index in [9.17, 15) is 4.79 Å². The van der Waals surface area contributed by atoms with Gasteiger partial charge in [0.1, 0.15) is 5.82 Å². The van der Waals surface area contributed by atoms with Crippen molar-refractivity contribution in [2.24, 2.45) is 0 Å². The third-order valence-electron chi connectivity index (χ3n) is 3.86. The van der Waals surface area contributed by atoms with Crippen LogP contribution in [0, 0.1) is 0 Å². The molecule has 1 aliphatic rings. The van der Waals surface area contributed by atoms with Crippen LogP contribution in [0.15, 0.2) is 12.4 Å². The Morgan fingerprint density at radius 2 is 2.25 bits per heavy atom. The molecule has 1 unspecified atom stereocenters. The number of aromatic nitrogens is 2. The number of hydrogen-bond acceptors (Lipinski definition) is 4. The molecule has 1 aromatic heterocycles. The number of nitrogens with zero attached hydrogens (tertiary/aromatic N) is 3. The van der Waals surface area contributed by atoms with Crippen LogP contribution in [0.4, 0.5) is 0 Å². The Hall–Kier alpha value is -1.40. The molecule has 0 spiro atoms. The van der Waals surface area contributed by atoms with Gasteiger partial charge in [-0.15, -0.1) is 0 Å². The highest BCUT2D eigenvalue weighted by Gasteiger charge is 2.23. The first-order valence-electron chi connectivity index (χ1n) is 7.24. The molecule has 1 atom stereocenters. The summed E-state index contributed by atoms with van der Waals surface area (Å²) in [5, 5.41) is 3.60. The Balaban J connectivity index is 1.73. The molecule has 6 heteroatoms. The van der Waals surface area contributed by atoms with Crippen LogP contribution >= 0.6 is 0 Å². The van der Waals surface area contributed by atoms with Gasteiger partial charge in [-0.05, 0) is 19.8 Å². The van der Waals surface area contributed by atoms with Crippen LogP contribution < -0.4 is 5.32 Å². The molecule has 112 valence electrons. The fourth-order valence-corrected chi connectivity index (χ4v) is 2.54. The van der Waals surface area contributed by atoms with E-state index in [0.29, 0.717) is 12.6 Å². The molecule has 0 radical (unpaired) electrons. The van der Waals surface area contributed by atoms with Crippen LogP contribution in [0.25, 0.3) is 0 Å². The first-order valence-corrected chi connectivity index (χ1v) is 7.24. The number of likely N-dealkylation sites (tertiary alicyclic amines) is 1. The first kappa shape index (κ1) is 15.0. The van der Waals surface area contributed by atoms with E-state index in [1.54, 1.807) is 11.1 Å². The number of piperidine rings is 1. The maximum Gasteiger partial charge on any atom is 0.236 e. The molecule has 2 heterocycles. The van der Waals surface area contributed by atoms with Crippen molar-refractivity contribution < 1.29 is 4.79 Å². The van der Waals surface area contributed by atoms with E-state index >= 15 is 0 Å². The number of carbonyl (C=O) groups excluding carboxylic acids is 1. The second-order valence-electron chi connectivity index (χ2n) is 5.70. The Bertz CT molecular complexity index is 409. The number of amides is 1. The van der Waals surface area contributed by atoms with Crippen LogP contribution in [0.5, 0.6) is 0 Å². The van der Waals surface area contributed by atoms with Crippen molar-refractivity contribution >= 4 is 5.91 Å². The molecule has 2 rings (SSSR count). The molecule has 2 N–H and O–H groups in total. The summed E-state index contributed by atoms with van der Waals surface area (Å²) in [7, 11) is 3.61. The van der Waals surface area contributed by atoms with Gasteiger partial charge >= 0.3 is 0 Å². The topological polar surface area (TPSA) is 64.3 Å².